The van der Waals surface area contributed by atoms with Crippen LogP contribution in [0.4, 0.5) is 0 Å². The Morgan fingerprint density at radius 3 is 2.29 bits per heavy atom. The number of methoxy groups -OCH3 is 3. The summed E-state index contributed by atoms with van der Waals surface area (Å²) < 4.78 is 22.9. The first kappa shape index (κ1) is 19.3. The summed E-state index contributed by atoms with van der Waals surface area (Å²) in [6.45, 7) is 0. The smallest absolute Gasteiger partial charge is 0.217 e. The summed E-state index contributed by atoms with van der Waals surface area (Å²) in [5.74, 6) is 3.04. The fraction of sp³-hybridized carbons (Fsp3) is 0.240. The number of nitrogens with zero attached hydrogens (tertiary/aromatic N) is 2. The quantitative estimate of drug-likeness (QED) is 0.589. The summed E-state index contributed by atoms with van der Waals surface area (Å²) in [6, 6.07) is 22.1. The highest BCUT2D eigenvalue weighted by atomic mass is 16.5. The number of benzene rings is 3. The molecule has 0 aromatic heterocycles. The van der Waals surface area contributed by atoms with Gasteiger partial charge in [0.25, 0.3) is 0 Å². The van der Waals surface area contributed by atoms with Crippen LogP contribution in [-0.4, -0.2) is 32.0 Å². The molecular weight excluding hydrogens is 392 g/mol. The third-order valence-electron chi connectivity index (χ3n) is 5.82. The lowest BCUT2D eigenvalue weighted by atomic mass is 9.95. The Morgan fingerprint density at radius 2 is 1.52 bits per heavy atom. The average Bonchev–Trinajstić information content (AvgIpc) is 3.29. The van der Waals surface area contributed by atoms with Crippen molar-refractivity contribution in [1.29, 1.82) is 0 Å². The Labute approximate surface area is 181 Å². The Hall–Kier alpha value is -3.67. The number of fused-ring (bicyclic) bond motifs is 3. The number of para-hydroxylation sites is 2. The van der Waals surface area contributed by atoms with Crippen molar-refractivity contribution in [2.45, 2.75) is 18.7 Å². The summed E-state index contributed by atoms with van der Waals surface area (Å²) in [7, 11) is 4.95. The molecule has 31 heavy (non-hydrogen) atoms. The SMILES string of the molecule is COc1ccc(C2=NN3[C@@H](C2)c2ccccc2O[C@H]3c2ccccc2OC)cc1OC. The van der Waals surface area contributed by atoms with E-state index in [1.54, 1.807) is 21.3 Å². The van der Waals surface area contributed by atoms with Gasteiger partial charge in [-0.05, 0) is 36.4 Å². The monoisotopic (exact) mass is 416 g/mol. The second-order valence-electron chi connectivity index (χ2n) is 7.47. The third-order valence-corrected chi connectivity index (χ3v) is 5.82. The van der Waals surface area contributed by atoms with E-state index in [0.717, 1.165) is 40.3 Å². The minimum Gasteiger partial charge on any atom is -0.496 e. The molecule has 2 atom stereocenters. The predicted molar refractivity (Wildman–Crippen MR) is 118 cm³/mol. The zero-order valence-corrected chi connectivity index (χ0v) is 17.7. The molecule has 6 nitrogen and oxygen atoms in total. The summed E-state index contributed by atoms with van der Waals surface area (Å²) in [6.07, 6.45) is 0.385. The van der Waals surface area contributed by atoms with Crippen molar-refractivity contribution in [2.24, 2.45) is 5.10 Å². The van der Waals surface area contributed by atoms with Gasteiger partial charge in [-0.25, -0.2) is 5.01 Å². The van der Waals surface area contributed by atoms with Gasteiger partial charge in [-0.15, -0.1) is 0 Å². The summed E-state index contributed by atoms with van der Waals surface area (Å²) in [5, 5.41) is 7.06. The molecule has 0 N–H and O–H groups in total. The molecule has 6 heteroatoms. The Balaban J connectivity index is 1.59. The molecule has 0 radical (unpaired) electrons. The van der Waals surface area contributed by atoms with E-state index in [1.807, 2.05) is 65.7 Å². The van der Waals surface area contributed by atoms with Crippen LogP contribution < -0.4 is 18.9 Å². The Morgan fingerprint density at radius 1 is 0.806 bits per heavy atom. The number of hydrazone groups is 1. The van der Waals surface area contributed by atoms with Crippen LogP contribution in [0.5, 0.6) is 23.0 Å². The molecule has 5 rings (SSSR count). The fourth-order valence-electron chi connectivity index (χ4n) is 4.30. The van der Waals surface area contributed by atoms with Crippen LogP contribution in [0.3, 0.4) is 0 Å². The van der Waals surface area contributed by atoms with Crippen molar-refractivity contribution in [3.8, 4) is 23.0 Å². The molecule has 0 aliphatic carbocycles. The van der Waals surface area contributed by atoms with Crippen LogP contribution in [0, 0.1) is 0 Å². The van der Waals surface area contributed by atoms with Crippen molar-refractivity contribution >= 4 is 5.71 Å². The van der Waals surface area contributed by atoms with Crippen molar-refractivity contribution in [3.05, 3.63) is 83.4 Å². The Kier molecular flexibility index (Phi) is 4.90. The molecule has 2 heterocycles. The van der Waals surface area contributed by atoms with Crippen LogP contribution in [-0.2, 0) is 0 Å². The van der Waals surface area contributed by atoms with Crippen LogP contribution in [0.15, 0.2) is 71.8 Å². The van der Waals surface area contributed by atoms with Gasteiger partial charge in [0.05, 0.1) is 38.6 Å². The lowest BCUT2D eigenvalue weighted by molar-refractivity contribution is -0.0203. The van der Waals surface area contributed by atoms with Crippen LogP contribution >= 0.6 is 0 Å². The van der Waals surface area contributed by atoms with E-state index in [0.29, 0.717) is 11.5 Å². The maximum atomic E-state index is 6.43. The highest BCUT2D eigenvalue weighted by Gasteiger charge is 2.41. The first-order valence-corrected chi connectivity index (χ1v) is 10.2. The van der Waals surface area contributed by atoms with E-state index in [2.05, 4.69) is 6.07 Å². The Bertz CT molecular complexity index is 1140. The third kappa shape index (κ3) is 3.24. The van der Waals surface area contributed by atoms with Crippen molar-refractivity contribution in [1.82, 2.24) is 5.01 Å². The topological polar surface area (TPSA) is 52.5 Å². The van der Waals surface area contributed by atoms with E-state index in [9.17, 15) is 0 Å². The highest BCUT2D eigenvalue weighted by Crippen LogP contribution is 2.49. The van der Waals surface area contributed by atoms with Gasteiger partial charge >= 0.3 is 0 Å². The molecule has 0 unspecified atom stereocenters. The summed E-state index contributed by atoms with van der Waals surface area (Å²) >= 11 is 0. The summed E-state index contributed by atoms with van der Waals surface area (Å²) in [5.41, 5.74) is 4.06. The van der Waals surface area contributed by atoms with Gasteiger partial charge in [-0.3, -0.25) is 0 Å². The fourth-order valence-corrected chi connectivity index (χ4v) is 4.30. The first-order chi connectivity index (χ1) is 15.2. The molecule has 0 saturated carbocycles. The van der Waals surface area contributed by atoms with Crippen molar-refractivity contribution < 1.29 is 18.9 Å². The zero-order chi connectivity index (χ0) is 21.4. The number of hydrogen-bond acceptors (Lipinski definition) is 6. The van der Waals surface area contributed by atoms with Crippen molar-refractivity contribution in [3.63, 3.8) is 0 Å². The molecule has 0 saturated heterocycles. The minimum atomic E-state index is -0.381. The molecule has 158 valence electrons. The average molecular weight is 416 g/mol. The van der Waals surface area contributed by atoms with Gasteiger partial charge < -0.3 is 18.9 Å². The van der Waals surface area contributed by atoms with E-state index < -0.39 is 0 Å². The normalized spacial score (nSPS) is 19.1. The predicted octanol–water partition coefficient (Wildman–Crippen LogP) is 4.95. The van der Waals surface area contributed by atoms with Crippen LogP contribution in [0.1, 0.15) is 35.4 Å². The maximum Gasteiger partial charge on any atom is 0.217 e. The number of ether oxygens (including phenoxy) is 4. The maximum absolute atomic E-state index is 6.43. The molecule has 0 fully saturated rings. The number of hydrogen-bond donors (Lipinski definition) is 0. The standard InChI is InChI=1S/C25H24N2O4/c1-28-21-10-6-5-9-18(21)25-27-20(17-8-4-7-11-22(17)31-25)15-19(26-27)16-12-13-23(29-2)24(14-16)30-3/h4-14,20,25H,15H2,1-3H3/t20-,25-/m0/s1. The lowest BCUT2D eigenvalue weighted by Gasteiger charge is -2.38. The van der Waals surface area contributed by atoms with Gasteiger partial charge in [-0.1, -0.05) is 30.3 Å². The molecule has 3 aromatic rings. The van der Waals surface area contributed by atoms with E-state index in [1.165, 1.54) is 0 Å². The van der Waals surface area contributed by atoms with Gasteiger partial charge in [-0.2, -0.15) is 5.10 Å². The highest BCUT2D eigenvalue weighted by molar-refractivity contribution is 6.02. The molecule has 2 aliphatic heterocycles. The van der Waals surface area contributed by atoms with Gasteiger partial charge in [0.15, 0.2) is 11.5 Å². The molecule has 0 amide bonds. The van der Waals surface area contributed by atoms with Crippen LogP contribution in [0.2, 0.25) is 0 Å². The van der Waals surface area contributed by atoms with E-state index >= 15 is 0 Å². The second kappa shape index (κ2) is 7.87. The van der Waals surface area contributed by atoms with Gasteiger partial charge in [0.1, 0.15) is 11.5 Å². The molecular formula is C25H24N2O4. The van der Waals surface area contributed by atoms with Crippen molar-refractivity contribution in [2.75, 3.05) is 21.3 Å². The zero-order valence-electron chi connectivity index (χ0n) is 17.7. The van der Waals surface area contributed by atoms with E-state index in [-0.39, 0.29) is 12.3 Å². The molecule has 3 aromatic carbocycles. The number of rotatable bonds is 5. The summed E-state index contributed by atoms with van der Waals surface area (Å²) in [4.78, 5) is 0. The minimum absolute atomic E-state index is 0.0722. The molecule has 0 bridgehead atoms. The lowest BCUT2D eigenvalue weighted by Crippen LogP contribution is -2.33. The second-order valence-corrected chi connectivity index (χ2v) is 7.47. The molecule has 2 aliphatic rings. The van der Waals surface area contributed by atoms with Crippen LogP contribution in [0.25, 0.3) is 0 Å². The molecule has 0 spiro atoms. The largest absolute Gasteiger partial charge is 0.496 e. The van der Waals surface area contributed by atoms with E-state index in [4.69, 9.17) is 24.0 Å². The first-order valence-electron chi connectivity index (χ1n) is 10.2. The van der Waals surface area contributed by atoms with Gasteiger partial charge in [0, 0.05) is 17.5 Å². The van der Waals surface area contributed by atoms with Gasteiger partial charge in [0.2, 0.25) is 6.23 Å².